The van der Waals surface area contributed by atoms with Crippen molar-refractivity contribution >= 4 is 28.3 Å². The summed E-state index contributed by atoms with van der Waals surface area (Å²) >= 11 is 0. The van der Waals surface area contributed by atoms with Gasteiger partial charge in [-0.15, -0.1) is 0 Å². The predicted octanol–water partition coefficient (Wildman–Crippen LogP) is 4.32. The van der Waals surface area contributed by atoms with E-state index < -0.39 is 28.3 Å². The fraction of sp³-hybridized carbons (Fsp3) is 0.0870. The Morgan fingerprint density at radius 2 is 1.50 bits per heavy atom. The van der Waals surface area contributed by atoms with Crippen LogP contribution in [0, 0.1) is 11.6 Å². The van der Waals surface area contributed by atoms with Crippen LogP contribution in [0.15, 0.2) is 66.7 Å². The Morgan fingerprint density at radius 1 is 0.867 bits per heavy atom. The lowest BCUT2D eigenvalue weighted by molar-refractivity contribution is -0.108. The second-order valence-corrected chi connectivity index (χ2v) is 7.82. The number of thiol groups is 1. The molecule has 4 nitrogen and oxygen atoms in total. The molecule has 1 aliphatic rings. The Morgan fingerprint density at radius 3 is 2.13 bits per heavy atom. The molecule has 0 saturated heterocycles. The highest BCUT2D eigenvalue weighted by atomic mass is 32.2. The van der Waals surface area contributed by atoms with Crippen molar-refractivity contribution in [2.75, 3.05) is 0 Å². The molecule has 1 unspecified atom stereocenters. The van der Waals surface area contributed by atoms with Gasteiger partial charge in [-0.2, -0.15) is 0 Å². The first-order valence-corrected chi connectivity index (χ1v) is 10.5. The lowest BCUT2D eigenvalue weighted by Crippen LogP contribution is -2.16. The van der Waals surface area contributed by atoms with Gasteiger partial charge in [0, 0.05) is 16.7 Å². The lowest BCUT2D eigenvalue weighted by atomic mass is 9.83. The van der Waals surface area contributed by atoms with Crippen LogP contribution in [0.2, 0.25) is 0 Å². The van der Waals surface area contributed by atoms with Gasteiger partial charge in [0.2, 0.25) is 0 Å². The Bertz CT molecular complexity index is 1200. The van der Waals surface area contributed by atoms with Crippen molar-refractivity contribution in [3.05, 3.63) is 101 Å². The summed E-state index contributed by atoms with van der Waals surface area (Å²) in [5.74, 6) is -1.12. The molecule has 0 radical (unpaired) electrons. The van der Waals surface area contributed by atoms with Crippen molar-refractivity contribution in [3.63, 3.8) is 0 Å². The molecule has 0 N–H and O–H groups in total. The van der Waals surface area contributed by atoms with Gasteiger partial charge in [-0.25, -0.2) is 17.2 Å². The highest BCUT2D eigenvalue weighted by Crippen LogP contribution is 2.46. The summed E-state index contributed by atoms with van der Waals surface area (Å²) in [5.41, 5.74) is 2.65. The summed E-state index contributed by atoms with van der Waals surface area (Å²) in [6.45, 7) is 0. The number of aldehydes is 1. The fourth-order valence-electron chi connectivity index (χ4n) is 3.52. The van der Waals surface area contributed by atoms with Gasteiger partial charge in [-0.1, -0.05) is 24.3 Å². The summed E-state index contributed by atoms with van der Waals surface area (Å²) in [7, 11) is -2.57. The van der Waals surface area contributed by atoms with Crippen LogP contribution >= 0.6 is 0 Å². The molecule has 0 fully saturated rings. The minimum atomic E-state index is -2.57. The number of allylic oxidation sites excluding steroid dienone is 1. The van der Waals surface area contributed by atoms with Crippen LogP contribution in [0.4, 0.5) is 8.78 Å². The topological polar surface area (TPSA) is 60.4 Å². The van der Waals surface area contributed by atoms with Gasteiger partial charge in [0.1, 0.15) is 40.1 Å². The second-order valence-electron chi connectivity index (χ2n) is 6.84. The Balaban J connectivity index is 1.91. The van der Waals surface area contributed by atoms with Crippen molar-refractivity contribution in [1.82, 2.24) is 0 Å². The maximum absolute atomic E-state index is 13.9. The van der Waals surface area contributed by atoms with Crippen LogP contribution in [0.3, 0.4) is 0 Å². The molecule has 0 bridgehead atoms. The van der Waals surface area contributed by atoms with E-state index in [0.29, 0.717) is 45.6 Å². The van der Waals surface area contributed by atoms with E-state index in [-0.39, 0.29) is 5.75 Å². The number of halogens is 2. The van der Waals surface area contributed by atoms with Crippen LogP contribution < -0.4 is 4.74 Å². The van der Waals surface area contributed by atoms with E-state index in [1.165, 1.54) is 42.5 Å². The van der Waals surface area contributed by atoms with E-state index in [1.807, 2.05) is 0 Å². The highest BCUT2D eigenvalue weighted by molar-refractivity contribution is 7.71. The molecule has 30 heavy (non-hydrogen) atoms. The second kappa shape index (κ2) is 8.20. The summed E-state index contributed by atoms with van der Waals surface area (Å²) in [6.07, 6.45) is 0.710. The van der Waals surface area contributed by atoms with Gasteiger partial charge in [0.15, 0.2) is 0 Å². The van der Waals surface area contributed by atoms with E-state index >= 15 is 0 Å². The quantitative estimate of drug-likeness (QED) is 0.488. The van der Waals surface area contributed by atoms with Crippen LogP contribution in [0.5, 0.6) is 5.75 Å². The van der Waals surface area contributed by atoms with Crippen LogP contribution in [-0.2, 0) is 21.3 Å². The third-order valence-corrected chi connectivity index (χ3v) is 5.52. The Kier molecular flexibility index (Phi) is 5.46. The fourth-order valence-corrected chi connectivity index (χ4v) is 4.03. The molecule has 0 spiro atoms. The highest BCUT2D eigenvalue weighted by Gasteiger charge is 2.31. The van der Waals surface area contributed by atoms with Crippen molar-refractivity contribution in [2.45, 2.75) is 11.7 Å². The van der Waals surface area contributed by atoms with E-state index in [2.05, 4.69) is 0 Å². The summed E-state index contributed by atoms with van der Waals surface area (Å²) in [6, 6.07) is 16.3. The molecule has 1 atom stereocenters. The number of carbonyl (C=O) groups excluding carboxylic acids is 1. The molecule has 1 aliphatic heterocycles. The normalized spacial score (nSPS) is 15.6. The Hall–Kier alpha value is -3.32. The van der Waals surface area contributed by atoms with Gasteiger partial charge < -0.3 is 9.53 Å². The average molecular weight is 426 g/mol. The minimum absolute atomic E-state index is 0.0961. The molecular formula is C23H16F2O4S. The molecule has 3 aromatic rings. The standard InChI is InChI=1S/C23H16F2O4S/c24-17-7-5-16(6-8-17)23-22(15-3-1-14(2-4-15)13-30(27)28)20(12-26)19-11-18(25)9-10-21(19)29-23/h1-12,20,30H,13H2. The molecule has 0 aromatic heterocycles. The number of ether oxygens (including phenoxy) is 1. The molecule has 4 rings (SSSR count). The molecule has 0 saturated carbocycles. The molecule has 0 amide bonds. The summed E-state index contributed by atoms with van der Waals surface area (Å²) in [4.78, 5) is 12.1. The average Bonchev–Trinajstić information content (AvgIpc) is 2.73. The van der Waals surface area contributed by atoms with Crippen LogP contribution in [0.1, 0.15) is 28.2 Å². The zero-order chi connectivity index (χ0) is 21.3. The lowest BCUT2D eigenvalue weighted by Gasteiger charge is -2.28. The summed E-state index contributed by atoms with van der Waals surface area (Å²) < 4.78 is 55.3. The van der Waals surface area contributed by atoms with Gasteiger partial charge in [-0.3, -0.25) is 0 Å². The van der Waals surface area contributed by atoms with Gasteiger partial charge in [-0.05, 0) is 53.6 Å². The van der Waals surface area contributed by atoms with E-state index in [4.69, 9.17) is 4.74 Å². The molecular weight excluding hydrogens is 410 g/mol. The number of hydrogen-bond acceptors (Lipinski definition) is 4. The van der Waals surface area contributed by atoms with Crippen LogP contribution in [-0.4, -0.2) is 14.7 Å². The number of carbonyl (C=O) groups is 1. The predicted molar refractivity (Wildman–Crippen MR) is 110 cm³/mol. The third kappa shape index (κ3) is 3.89. The first-order chi connectivity index (χ1) is 14.5. The molecule has 1 heterocycles. The maximum atomic E-state index is 13.9. The first kappa shape index (κ1) is 20.0. The van der Waals surface area contributed by atoms with Crippen molar-refractivity contribution in [3.8, 4) is 5.75 Å². The van der Waals surface area contributed by atoms with E-state index in [0.717, 1.165) is 0 Å². The number of fused-ring (bicyclic) bond motifs is 1. The van der Waals surface area contributed by atoms with E-state index in [1.54, 1.807) is 24.3 Å². The maximum Gasteiger partial charge on any atom is 0.144 e. The molecule has 0 aliphatic carbocycles. The first-order valence-electron chi connectivity index (χ1n) is 9.10. The monoisotopic (exact) mass is 426 g/mol. The molecule has 3 aromatic carbocycles. The largest absolute Gasteiger partial charge is 0.456 e. The number of benzene rings is 3. The van der Waals surface area contributed by atoms with Gasteiger partial charge >= 0.3 is 0 Å². The van der Waals surface area contributed by atoms with Gasteiger partial charge in [0.25, 0.3) is 0 Å². The zero-order valence-electron chi connectivity index (χ0n) is 15.5. The van der Waals surface area contributed by atoms with Crippen LogP contribution in [0.25, 0.3) is 11.3 Å². The smallest absolute Gasteiger partial charge is 0.144 e. The zero-order valence-corrected chi connectivity index (χ0v) is 16.4. The minimum Gasteiger partial charge on any atom is -0.456 e. The van der Waals surface area contributed by atoms with Crippen molar-refractivity contribution in [2.24, 2.45) is 0 Å². The van der Waals surface area contributed by atoms with Crippen molar-refractivity contribution in [1.29, 1.82) is 0 Å². The Labute approximate surface area is 173 Å². The van der Waals surface area contributed by atoms with Gasteiger partial charge in [0.05, 0.1) is 11.7 Å². The third-order valence-electron chi connectivity index (χ3n) is 4.89. The SMILES string of the molecule is O=CC1C(c2ccc(C[SH](=O)=O)cc2)=C(c2ccc(F)cc2)Oc2ccc(F)cc21. The van der Waals surface area contributed by atoms with Crippen molar-refractivity contribution < 1.29 is 26.7 Å². The number of rotatable bonds is 5. The molecule has 152 valence electrons. The van der Waals surface area contributed by atoms with E-state index in [9.17, 15) is 22.0 Å². The number of hydrogen-bond donors (Lipinski definition) is 1. The summed E-state index contributed by atoms with van der Waals surface area (Å²) in [5, 5.41) is 0. The molecule has 7 heteroatoms.